The summed E-state index contributed by atoms with van der Waals surface area (Å²) in [5.74, 6) is 0.129. The zero-order valence-electron chi connectivity index (χ0n) is 11.0. The highest BCUT2D eigenvalue weighted by Crippen LogP contribution is 2.38. The summed E-state index contributed by atoms with van der Waals surface area (Å²) in [5, 5.41) is 3.19. The second-order valence-electron chi connectivity index (χ2n) is 5.56. The topological polar surface area (TPSA) is 62.3 Å². The van der Waals surface area contributed by atoms with Gasteiger partial charge in [0.25, 0.3) is 0 Å². The Morgan fingerprint density at radius 1 is 1.39 bits per heavy atom. The van der Waals surface area contributed by atoms with Crippen molar-refractivity contribution in [1.82, 2.24) is 9.88 Å². The summed E-state index contributed by atoms with van der Waals surface area (Å²) in [6.45, 7) is 4.12. The standard InChI is InChI=1S/C12H17N3O2S/c1-12(2)5-7-9(8(16)6-12)18-10(13-7)14-11(17)15(3)4/h5-6H2,1-4H3,(H,13,14,17). The molecule has 1 aliphatic carbocycles. The first-order valence-electron chi connectivity index (χ1n) is 5.80. The second-order valence-corrected chi connectivity index (χ2v) is 6.56. The number of carbonyl (C=O) groups is 2. The molecule has 1 aromatic heterocycles. The lowest BCUT2D eigenvalue weighted by atomic mass is 9.78. The van der Waals surface area contributed by atoms with Gasteiger partial charge in [0.1, 0.15) is 0 Å². The van der Waals surface area contributed by atoms with Crippen molar-refractivity contribution in [3.05, 3.63) is 10.6 Å². The maximum Gasteiger partial charge on any atom is 0.323 e. The fourth-order valence-corrected chi connectivity index (χ4v) is 2.89. The van der Waals surface area contributed by atoms with Gasteiger partial charge in [0.2, 0.25) is 0 Å². The number of aromatic nitrogens is 1. The van der Waals surface area contributed by atoms with Crippen molar-refractivity contribution in [2.24, 2.45) is 5.41 Å². The Morgan fingerprint density at radius 2 is 2.06 bits per heavy atom. The molecule has 0 fully saturated rings. The van der Waals surface area contributed by atoms with Crippen LogP contribution in [0.5, 0.6) is 0 Å². The minimum Gasteiger partial charge on any atom is -0.331 e. The molecule has 6 heteroatoms. The molecule has 1 N–H and O–H groups in total. The number of carbonyl (C=O) groups excluding carboxylic acids is 2. The van der Waals surface area contributed by atoms with Gasteiger partial charge in [-0.05, 0) is 11.8 Å². The highest BCUT2D eigenvalue weighted by Gasteiger charge is 2.34. The molecular formula is C12H17N3O2S. The van der Waals surface area contributed by atoms with Gasteiger partial charge in [-0.25, -0.2) is 9.78 Å². The molecule has 0 radical (unpaired) electrons. The molecule has 1 aromatic rings. The van der Waals surface area contributed by atoms with E-state index >= 15 is 0 Å². The largest absolute Gasteiger partial charge is 0.331 e. The van der Waals surface area contributed by atoms with Crippen LogP contribution in [0.3, 0.4) is 0 Å². The van der Waals surface area contributed by atoms with Gasteiger partial charge >= 0.3 is 6.03 Å². The summed E-state index contributed by atoms with van der Waals surface area (Å²) in [6.07, 6.45) is 1.33. The number of anilines is 1. The quantitative estimate of drug-likeness (QED) is 0.849. The summed E-state index contributed by atoms with van der Waals surface area (Å²) in [5.41, 5.74) is 0.774. The van der Waals surface area contributed by atoms with Crippen LogP contribution < -0.4 is 5.32 Å². The van der Waals surface area contributed by atoms with Gasteiger partial charge in [-0.1, -0.05) is 25.2 Å². The zero-order chi connectivity index (χ0) is 13.5. The number of Topliss-reactive ketones (excluding diaryl/α,β-unsaturated/α-hetero) is 1. The lowest BCUT2D eigenvalue weighted by Gasteiger charge is -2.26. The minimum absolute atomic E-state index is 0.0407. The van der Waals surface area contributed by atoms with Crippen LogP contribution in [0.2, 0.25) is 0 Å². The molecule has 2 amide bonds. The van der Waals surface area contributed by atoms with Crippen molar-refractivity contribution in [2.75, 3.05) is 19.4 Å². The average molecular weight is 267 g/mol. The molecule has 2 rings (SSSR count). The second kappa shape index (κ2) is 4.35. The molecule has 18 heavy (non-hydrogen) atoms. The predicted molar refractivity (Wildman–Crippen MR) is 71.3 cm³/mol. The average Bonchev–Trinajstić information content (AvgIpc) is 2.58. The number of nitrogens with one attached hydrogen (secondary N) is 1. The van der Waals surface area contributed by atoms with Crippen LogP contribution >= 0.6 is 11.3 Å². The fraction of sp³-hybridized carbons (Fsp3) is 0.583. The van der Waals surface area contributed by atoms with Crippen molar-refractivity contribution in [3.8, 4) is 0 Å². The Morgan fingerprint density at radius 3 is 2.67 bits per heavy atom. The van der Waals surface area contributed by atoms with E-state index in [1.165, 1.54) is 16.2 Å². The van der Waals surface area contributed by atoms with E-state index < -0.39 is 0 Å². The van der Waals surface area contributed by atoms with Crippen LogP contribution in [0.15, 0.2) is 0 Å². The smallest absolute Gasteiger partial charge is 0.323 e. The van der Waals surface area contributed by atoms with Gasteiger partial charge in [-0.2, -0.15) is 0 Å². The maximum atomic E-state index is 12.0. The van der Waals surface area contributed by atoms with Crippen LogP contribution in [0.25, 0.3) is 0 Å². The Bertz CT molecular complexity index is 505. The summed E-state index contributed by atoms with van der Waals surface area (Å²) >= 11 is 1.27. The maximum absolute atomic E-state index is 12.0. The Hall–Kier alpha value is -1.43. The number of hydrogen-bond donors (Lipinski definition) is 1. The molecule has 0 spiro atoms. The van der Waals surface area contributed by atoms with Crippen molar-refractivity contribution in [2.45, 2.75) is 26.7 Å². The molecule has 0 bridgehead atoms. The lowest BCUT2D eigenvalue weighted by Crippen LogP contribution is -2.27. The van der Waals surface area contributed by atoms with Gasteiger partial charge in [-0.15, -0.1) is 0 Å². The summed E-state index contributed by atoms with van der Waals surface area (Å²) in [6, 6.07) is -0.229. The van der Waals surface area contributed by atoms with E-state index in [9.17, 15) is 9.59 Å². The fourth-order valence-electron chi connectivity index (χ4n) is 1.98. The lowest BCUT2D eigenvalue weighted by molar-refractivity contribution is 0.0916. The number of thiazole rings is 1. The van der Waals surface area contributed by atoms with Crippen LogP contribution in [0.1, 0.15) is 35.6 Å². The van der Waals surface area contributed by atoms with Gasteiger partial charge in [-0.3, -0.25) is 10.1 Å². The molecule has 0 aliphatic heterocycles. The third kappa shape index (κ3) is 2.53. The van der Waals surface area contributed by atoms with E-state index in [1.54, 1.807) is 14.1 Å². The third-order valence-electron chi connectivity index (χ3n) is 2.86. The number of urea groups is 1. The highest BCUT2D eigenvalue weighted by atomic mass is 32.1. The Balaban J connectivity index is 2.24. The van der Waals surface area contributed by atoms with Crippen LogP contribution in [-0.2, 0) is 6.42 Å². The zero-order valence-corrected chi connectivity index (χ0v) is 11.8. The van der Waals surface area contributed by atoms with E-state index in [4.69, 9.17) is 0 Å². The minimum atomic E-state index is -0.229. The molecule has 0 saturated carbocycles. The van der Waals surface area contributed by atoms with Crippen LogP contribution in [-0.4, -0.2) is 35.8 Å². The van der Waals surface area contributed by atoms with Crippen molar-refractivity contribution in [3.63, 3.8) is 0 Å². The first kappa shape index (κ1) is 13.0. The van der Waals surface area contributed by atoms with Gasteiger partial charge < -0.3 is 4.90 Å². The van der Waals surface area contributed by atoms with E-state index in [0.717, 1.165) is 12.1 Å². The molecule has 1 heterocycles. The first-order chi connectivity index (χ1) is 8.28. The number of hydrogen-bond acceptors (Lipinski definition) is 4. The molecule has 0 atom stereocenters. The normalized spacial score (nSPS) is 17.2. The summed E-state index contributed by atoms with van der Waals surface area (Å²) in [4.78, 5) is 30.0. The highest BCUT2D eigenvalue weighted by molar-refractivity contribution is 7.17. The molecule has 5 nitrogen and oxygen atoms in total. The number of rotatable bonds is 1. The van der Waals surface area contributed by atoms with Crippen molar-refractivity contribution < 1.29 is 9.59 Å². The first-order valence-corrected chi connectivity index (χ1v) is 6.61. The summed E-state index contributed by atoms with van der Waals surface area (Å²) < 4.78 is 0. The third-order valence-corrected chi connectivity index (χ3v) is 3.91. The molecular weight excluding hydrogens is 250 g/mol. The molecule has 98 valence electrons. The van der Waals surface area contributed by atoms with Crippen LogP contribution in [0.4, 0.5) is 9.93 Å². The van der Waals surface area contributed by atoms with Gasteiger partial charge in [0, 0.05) is 20.5 Å². The molecule has 0 saturated heterocycles. The molecule has 0 aromatic carbocycles. The monoisotopic (exact) mass is 267 g/mol. The van der Waals surface area contributed by atoms with Gasteiger partial charge in [0.05, 0.1) is 10.6 Å². The van der Waals surface area contributed by atoms with E-state index in [2.05, 4.69) is 24.1 Å². The molecule has 1 aliphatic rings. The number of amides is 2. The van der Waals surface area contributed by atoms with E-state index in [0.29, 0.717) is 16.4 Å². The van der Waals surface area contributed by atoms with Crippen LogP contribution in [0, 0.1) is 5.41 Å². The SMILES string of the molecule is CN(C)C(=O)Nc1nc2c(s1)C(=O)CC(C)(C)C2. The number of ketones is 1. The van der Waals surface area contributed by atoms with Gasteiger partial charge in [0.15, 0.2) is 10.9 Å². The van der Waals surface area contributed by atoms with Crippen molar-refractivity contribution in [1.29, 1.82) is 0 Å². The Labute approximate surface area is 110 Å². The number of nitrogens with zero attached hydrogens (tertiary/aromatic N) is 2. The molecule has 0 unspecified atom stereocenters. The number of fused-ring (bicyclic) bond motifs is 1. The predicted octanol–water partition coefficient (Wildman–Crippen LogP) is 2.39. The van der Waals surface area contributed by atoms with E-state index in [1.807, 2.05) is 0 Å². The van der Waals surface area contributed by atoms with Crippen molar-refractivity contribution >= 4 is 28.3 Å². The Kier molecular flexibility index (Phi) is 3.14. The van der Waals surface area contributed by atoms with E-state index in [-0.39, 0.29) is 17.2 Å². The summed E-state index contributed by atoms with van der Waals surface area (Å²) in [7, 11) is 3.33.